The fraction of sp³-hybridized carbons (Fsp3) is 0.750. The summed E-state index contributed by atoms with van der Waals surface area (Å²) >= 11 is 0. The molecule has 20 heavy (non-hydrogen) atoms. The first-order valence-corrected chi connectivity index (χ1v) is 7.75. The Labute approximate surface area is 124 Å². The molecule has 4 heteroatoms. The quantitative estimate of drug-likeness (QED) is 0.823. The zero-order chi connectivity index (χ0) is 15.3. The lowest BCUT2D eigenvalue weighted by Crippen LogP contribution is -2.30. The monoisotopic (exact) mass is 278 g/mol. The number of hydrogen-bond acceptors (Lipinski definition) is 4. The van der Waals surface area contributed by atoms with Gasteiger partial charge in [0.05, 0.1) is 0 Å². The van der Waals surface area contributed by atoms with Crippen LogP contribution in [0, 0.1) is 12.8 Å². The summed E-state index contributed by atoms with van der Waals surface area (Å²) in [6.45, 7) is 15.1. The maximum absolute atomic E-state index is 4.81. The zero-order valence-electron chi connectivity index (χ0n) is 14.1. The van der Waals surface area contributed by atoms with Gasteiger partial charge in [-0.15, -0.1) is 0 Å². The minimum Gasteiger partial charge on any atom is -0.373 e. The van der Waals surface area contributed by atoms with Crippen molar-refractivity contribution in [2.45, 2.75) is 53.9 Å². The van der Waals surface area contributed by atoms with Crippen LogP contribution in [0.5, 0.6) is 0 Å². The fourth-order valence-corrected chi connectivity index (χ4v) is 2.20. The van der Waals surface area contributed by atoms with Crippen LogP contribution < -0.4 is 10.2 Å². The van der Waals surface area contributed by atoms with Gasteiger partial charge in [0.15, 0.2) is 0 Å². The van der Waals surface area contributed by atoms with Crippen molar-refractivity contribution in [3.8, 4) is 0 Å². The Morgan fingerprint density at radius 1 is 1.15 bits per heavy atom. The van der Waals surface area contributed by atoms with Gasteiger partial charge in [-0.1, -0.05) is 34.1 Å². The molecule has 4 nitrogen and oxygen atoms in total. The van der Waals surface area contributed by atoms with Crippen molar-refractivity contribution < 1.29 is 0 Å². The third kappa shape index (κ3) is 3.84. The standard InChI is InChI=1S/C16H30N4/c1-8-12(5)10-20(9-2)16-13(6)15(17-7)18-14(19-16)11(3)4/h11-12H,8-10H2,1-7H3,(H,17,18,19). The SMILES string of the molecule is CCC(C)CN(CC)c1nc(C(C)C)nc(NC)c1C. The van der Waals surface area contributed by atoms with Gasteiger partial charge >= 0.3 is 0 Å². The van der Waals surface area contributed by atoms with Gasteiger partial charge in [0, 0.05) is 31.6 Å². The summed E-state index contributed by atoms with van der Waals surface area (Å²) in [6, 6.07) is 0. The highest BCUT2D eigenvalue weighted by Crippen LogP contribution is 2.26. The molecule has 0 fully saturated rings. The highest BCUT2D eigenvalue weighted by atomic mass is 15.2. The number of aromatic nitrogens is 2. The van der Waals surface area contributed by atoms with Crippen molar-refractivity contribution in [1.82, 2.24) is 9.97 Å². The molecule has 1 unspecified atom stereocenters. The molecule has 0 aliphatic carbocycles. The molecule has 1 rings (SSSR count). The lowest BCUT2D eigenvalue weighted by molar-refractivity contribution is 0.543. The van der Waals surface area contributed by atoms with Crippen molar-refractivity contribution in [2.75, 3.05) is 30.4 Å². The second-order valence-electron chi connectivity index (χ2n) is 5.84. The lowest BCUT2D eigenvalue weighted by Gasteiger charge is -2.28. The first-order valence-electron chi connectivity index (χ1n) is 7.75. The lowest BCUT2D eigenvalue weighted by atomic mass is 10.1. The Bertz CT molecular complexity index is 429. The van der Waals surface area contributed by atoms with Crippen LogP contribution in [0.3, 0.4) is 0 Å². The van der Waals surface area contributed by atoms with Crippen LogP contribution in [0.15, 0.2) is 0 Å². The van der Waals surface area contributed by atoms with E-state index in [1.807, 2.05) is 7.05 Å². The summed E-state index contributed by atoms with van der Waals surface area (Å²) in [6.07, 6.45) is 1.19. The second-order valence-corrected chi connectivity index (χ2v) is 5.84. The molecule has 0 aliphatic rings. The van der Waals surface area contributed by atoms with Crippen LogP contribution in [-0.4, -0.2) is 30.1 Å². The summed E-state index contributed by atoms with van der Waals surface area (Å²) in [7, 11) is 1.92. The largest absolute Gasteiger partial charge is 0.373 e. The normalized spacial score (nSPS) is 12.6. The maximum Gasteiger partial charge on any atom is 0.137 e. The number of nitrogens with zero attached hydrogens (tertiary/aromatic N) is 3. The molecule has 1 aromatic rings. The first-order chi connectivity index (χ1) is 9.44. The van der Waals surface area contributed by atoms with E-state index in [1.54, 1.807) is 0 Å². The second kappa shape index (κ2) is 7.46. The summed E-state index contributed by atoms with van der Waals surface area (Å²) < 4.78 is 0. The smallest absolute Gasteiger partial charge is 0.137 e. The van der Waals surface area contributed by atoms with Crippen LogP contribution >= 0.6 is 0 Å². The van der Waals surface area contributed by atoms with Gasteiger partial charge in [0.1, 0.15) is 17.5 Å². The summed E-state index contributed by atoms with van der Waals surface area (Å²) in [5, 5.41) is 3.20. The van der Waals surface area contributed by atoms with Crippen LogP contribution in [0.1, 0.15) is 58.3 Å². The molecule has 0 radical (unpaired) electrons. The van der Waals surface area contributed by atoms with Crippen LogP contribution in [0.2, 0.25) is 0 Å². The number of anilines is 2. The predicted molar refractivity (Wildman–Crippen MR) is 87.7 cm³/mol. The third-order valence-electron chi connectivity index (χ3n) is 3.80. The van der Waals surface area contributed by atoms with Gasteiger partial charge in [-0.05, 0) is 19.8 Å². The van der Waals surface area contributed by atoms with Crippen molar-refractivity contribution >= 4 is 11.6 Å². The molecule has 0 saturated carbocycles. The molecule has 0 amide bonds. The molecular weight excluding hydrogens is 248 g/mol. The van der Waals surface area contributed by atoms with Crippen molar-refractivity contribution in [3.05, 3.63) is 11.4 Å². The van der Waals surface area contributed by atoms with E-state index in [2.05, 4.69) is 56.7 Å². The van der Waals surface area contributed by atoms with E-state index in [0.717, 1.165) is 36.1 Å². The molecule has 114 valence electrons. The fourth-order valence-electron chi connectivity index (χ4n) is 2.20. The van der Waals surface area contributed by atoms with Gasteiger partial charge in [0.2, 0.25) is 0 Å². The molecule has 1 N–H and O–H groups in total. The third-order valence-corrected chi connectivity index (χ3v) is 3.80. The minimum absolute atomic E-state index is 0.337. The summed E-state index contributed by atoms with van der Waals surface area (Å²) in [5.74, 6) is 3.95. The Morgan fingerprint density at radius 2 is 1.80 bits per heavy atom. The summed E-state index contributed by atoms with van der Waals surface area (Å²) in [4.78, 5) is 11.8. The molecule has 1 aromatic heterocycles. The highest BCUT2D eigenvalue weighted by Gasteiger charge is 2.17. The molecule has 0 aromatic carbocycles. The predicted octanol–water partition coefficient (Wildman–Crippen LogP) is 3.82. The van der Waals surface area contributed by atoms with Crippen molar-refractivity contribution in [2.24, 2.45) is 5.92 Å². The first kappa shape index (κ1) is 16.7. The van der Waals surface area contributed by atoms with E-state index in [0.29, 0.717) is 11.8 Å². The highest BCUT2D eigenvalue weighted by molar-refractivity contribution is 5.58. The molecule has 0 spiro atoms. The van der Waals surface area contributed by atoms with E-state index >= 15 is 0 Å². The van der Waals surface area contributed by atoms with E-state index in [1.165, 1.54) is 6.42 Å². The van der Waals surface area contributed by atoms with Gasteiger partial charge in [-0.3, -0.25) is 0 Å². The van der Waals surface area contributed by atoms with E-state index in [4.69, 9.17) is 4.98 Å². The summed E-state index contributed by atoms with van der Waals surface area (Å²) in [5.41, 5.74) is 1.14. The van der Waals surface area contributed by atoms with Crippen molar-refractivity contribution in [3.63, 3.8) is 0 Å². The molecule has 1 heterocycles. The van der Waals surface area contributed by atoms with Crippen molar-refractivity contribution in [1.29, 1.82) is 0 Å². The van der Waals surface area contributed by atoms with E-state index in [-0.39, 0.29) is 0 Å². The van der Waals surface area contributed by atoms with E-state index in [9.17, 15) is 0 Å². The van der Waals surface area contributed by atoms with E-state index < -0.39 is 0 Å². The maximum atomic E-state index is 4.81. The van der Waals surface area contributed by atoms with Crippen LogP contribution in [0.25, 0.3) is 0 Å². The minimum atomic E-state index is 0.337. The topological polar surface area (TPSA) is 41.1 Å². The average Bonchev–Trinajstić information content (AvgIpc) is 2.44. The zero-order valence-corrected chi connectivity index (χ0v) is 14.1. The Morgan fingerprint density at radius 3 is 2.25 bits per heavy atom. The van der Waals surface area contributed by atoms with Crippen LogP contribution in [0.4, 0.5) is 11.6 Å². The molecular formula is C16H30N4. The van der Waals surface area contributed by atoms with Gasteiger partial charge in [-0.2, -0.15) is 0 Å². The molecule has 0 saturated heterocycles. The molecule has 0 aliphatic heterocycles. The van der Waals surface area contributed by atoms with Gasteiger partial charge in [-0.25, -0.2) is 9.97 Å². The van der Waals surface area contributed by atoms with Gasteiger partial charge < -0.3 is 10.2 Å². The van der Waals surface area contributed by atoms with Crippen LogP contribution in [-0.2, 0) is 0 Å². The Kier molecular flexibility index (Phi) is 6.24. The van der Waals surface area contributed by atoms with Gasteiger partial charge in [0.25, 0.3) is 0 Å². The number of hydrogen-bond donors (Lipinski definition) is 1. The number of rotatable bonds is 7. The Hall–Kier alpha value is -1.32. The number of nitrogens with one attached hydrogen (secondary N) is 1. The molecule has 1 atom stereocenters. The molecule has 0 bridgehead atoms. The Balaban J connectivity index is 3.22. The average molecular weight is 278 g/mol.